The van der Waals surface area contributed by atoms with Gasteiger partial charge < -0.3 is 15.4 Å². The zero-order valence-electron chi connectivity index (χ0n) is 16.0. The van der Waals surface area contributed by atoms with Gasteiger partial charge in [-0.05, 0) is 61.6 Å². The van der Waals surface area contributed by atoms with E-state index >= 15 is 0 Å². The lowest BCUT2D eigenvalue weighted by Crippen LogP contribution is -2.14. The molecule has 2 N–H and O–H groups in total. The Morgan fingerprint density at radius 3 is 2.69 bits per heavy atom. The van der Waals surface area contributed by atoms with Gasteiger partial charge in [0.2, 0.25) is 0 Å². The van der Waals surface area contributed by atoms with Gasteiger partial charge >= 0.3 is 0 Å². The Hall–Kier alpha value is -3.19. The van der Waals surface area contributed by atoms with Gasteiger partial charge in [-0.15, -0.1) is 11.3 Å². The van der Waals surface area contributed by atoms with Crippen molar-refractivity contribution in [3.05, 3.63) is 69.7 Å². The minimum Gasteiger partial charge on any atom is -0.494 e. The molecular weight excluding hydrogens is 386 g/mol. The zero-order chi connectivity index (χ0) is 20.2. The number of nitrogens with one attached hydrogen (secondary N) is 2. The highest BCUT2D eigenvalue weighted by atomic mass is 32.1. The van der Waals surface area contributed by atoms with Gasteiger partial charge in [-0.1, -0.05) is 0 Å². The number of fused-ring (bicyclic) bond motifs is 1. The maximum Gasteiger partial charge on any atom is 0.265 e. The molecule has 2 aromatic heterocycles. The minimum absolute atomic E-state index is 0.126. The lowest BCUT2D eigenvalue weighted by atomic mass is 9.99. The summed E-state index contributed by atoms with van der Waals surface area (Å²) >= 11 is 1.58. The molecule has 4 rings (SSSR count). The first-order valence-electron chi connectivity index (χ1n) is 9.46. The van der Waals surface area contributed by atoms with Crippen LogP contribution >= 0.6 is 11.3 Å². The first-order chi connectivity index (χ1) is 14.1. The molecule has 7 heteroatoms. The minimum atomic E-state index is -0.280. The van der Waals surface area contributed by atoms with Crippen molar-refractivity contribution >= 4 is 34.5 Å². The second-order valence-corrected chi connectivity index (χ2v) is 7.97. The number of benzene rings is 1. The van der Waals surface area contributed by atoms with Gasteiger partial charge in [-0.2, -0.15) is 0 Å². The number of pyridine rings is 1. The highest BCUT2D eigenvalue weighted by Crippen LogP contribution is 2.32. The van der Waals surface area contributed by atoms with Crippen molar-refractivity contribution in [2.45, 2.75) is 25.7 Å². The van der Waals surface area contributed by atoms with Crippen LogP contribution in [0.25, 0.3) is 0 Å². The van der Waals surface area contributed by atoms with E-state index in [9.17, 15) is 9.59 Å². The van der Waals surface area contributed by atoms with Crippen LogP contribution in [0.1, 0.15) is 43.3 Å². The normalized spacial score (nSPS) is 12.7. The molecular formula is C22H21N3O3S. The van der Waals surface area contributed by atoms with Gasteiger partial charge in [0.05, 0.1) is 23.2 Å². The fraction of sp³-hybridized carbons (Fsp3) is 0.227. The van der Waals surface area contributed by atoms with Crippen molar-refractivity contribution in [1.82, 2.24) is 4.98 Å². The number of hydrogen-bond donors (Lipinski definition) is 2. The molecule has 6 nitrogen and oxygen atoms in total. The topological polar surface area (TPSA) is 80.3 Å². The number of amides is 2. The number of hydrogen-bond acceptors (Lipinski definition) is 5. The molecule has 0 aliphatic heterocycles. The lowest BCUT2D eigenvalue weighted by Gasteiger charge is -2.12. The van der Waals surface area contributed by atoms with Crippen molar-refractivity contribution < 1.29 is 14.3 Å². The van der Waals surface area contributed by atoms with E-state index in [1.165, 1.54) is 36.6 Å². The third-order valence-corrected chi connectivity index (χ3v) is 6.09. The Kier molecular flexibility index (Phi) is 5.57. The predicted molar refractivity (Wildman–Crippen MR) is 114 cm³/mol. The molecule has 0 saturated carbocycles. The fourth-order valence-corrected chi connectivity index (χ4v) is 4.51. The van der Waals surface area contributed by atoms with E-state index < -0.39 is 0 Å². The number of aryl methyl sites for hydroxylation is 2. The maximum absolute atomic E-state index is 12.7. The van der Waals surface area contributed by atoms with Gasteiger partial charge in [-0.25, -0.2) is 0 Å². The van der Waals surface area contributed by atoms with Crippen LogP contribution in [-0.4, -0.2) is 23.9 Å². The molecule has 29 heavy (non-hydrogen) atoms. The molecule has 0 fully saturated rings. The quantitative estimate of drug-likeness (QED) is 0.651. The number of anilines is 2. The van der Waals surface area contributed by atoms with Crippen molar-refractivity contribution in [3.63, 3.8) is 0 Å². The van der Waals surface area contributed by atoms with Gasteiger partial charge in [0.25, 0.3) is 11.8 Å². The van der Waals surface area contributed by atoms with E-state index in [1.807, 2.05) is 6.07 Å². The lowest BCUT2D eigenvalue weighted by molar-refractivity contribution is 0.101. The summed E-state index contributed by atoms with van der Waals surface area (Å²) in [5.74, 6) is 0.0569. The molecule has 148 valence electrons. The van der Waals surface area contributed by atoms with Crippen LogP contribution in [0.15, 0.2) is 48.8 Å². The molecule has 0 bridgehead atoms. The monoisotopic (exact) mass is 407 g/mol. The van der Waals surface area contributed by atoms with E-state index in [0.29, 0.717) is 22.7 Å². The smallest absolute Gasteiger partial charge is 0.265 e. The van der Waals surface area contributed by atoms with Gasteiger partial charge in [0.1, 0.15) is 5.75 Å². The Morgan fingerprint density at radius 1 is 1.07 bits per heavy atom. The van der Waals surface area contributed by atoms with Crippen LogP contribution < -0.4 is 15.4 Å². The van der Waals surface area contributed by atoms with E-state index in [1.54, 1.807) is 47.9 Å². The first-order valence-corrected chi connectivity index (χ1v) is 10.3. The van der Waals surface area contributed by atoms with E-state index in [2.05, 4.69) is 15.6 Å². The van der Waals surface area contributed by atoms with E-state index in [-0.39, 0.29) is 11.8 Å². The molecule has 0 saturated heterocycles. The Labute approximate surface area is 172 Å². The molecule has 1 aliphatic carbocycles. The average molecular weight is 407 g/mol. The van der Waals surface area contributed by atoms with Crippen LogP contribution in [0.5, 0.6) is 5.75 Å². The molecule has 1 aliphatic rings. The summed E-state index contributed by atoms with van der Waals surface area (Å²) in [6.45, 7) is 0. The summed E-state index contributed by atoms with van der Waals surface area (Å²) in [6.07, 6.45) is 7.60. The van der Waals surface area contributed by atoms with Crippen LogP contribution in [0, 0.1) is 0 Å². The Bertz CT molecular complexity index is 1020. The van der Waals surface area contributed by atoms with E-state index in [4.69, 9.17) is 4.74 Å². The second kappa shape index (κ2) is 8.45. The Balaban J connectivity index is 1.48. The van der Waals surface area contributed by atoms with Crippen molar-refractivity contribution in [1.29, 1.82) is 0 Å². The third kappa shape index (κ3) is 4.30. The number of methoxy groups -OCH3 is 1. The molecule has 2 heterocycles. The number of ether oxygens (including phenoxy) is 1. The molecule has 0 unspecified atom stereocenters. The summed E-state index contributed by atoms with van der Waals surface area (Å²) in [4.78, 5) is 31.0. The fourth-order valence-electron chi connectivity index (χ4n) is 3.36. The second-order valence-electron chi connectivity index (χ2n) is 6.83. The van der Waals surface area contributed by atoms with Crippen LogP contribution in [0.4, 0.5) is 11.4 Å². The zero-order valence-corrected chi connectivity index (χ0v) is 16.8. The van der Waals surface area contributed by atoms with Crippen LogP contribution in [-0.2, 0) is 12.8 Å². The average Bonchev–Trinajstić information content (AvgIpc) is 3.20. The summed E-state index contributed by atoms with van der Waals surface area (Å²) < 4.78 is 5.40. The Morgan fingerprint density at radius 2 is 1.93 bits per heavy atom. The van der Waals surface area contributed by atoms with Gasteiger partial charge in [0, 0.05) is 29.0 Å². The van der Waals surface area contributed by atoms with Crippen molar-refractivity contribution in [2.24, 2.45) is 0 Å². The number of aromatic nitrogens is 1. The maximum atomic E-state index is 12.7. The number of nitrogens with zero attached hydrogens (tertiary/aromatic N) is 1. The number of thiophene rings is 1. The number of carbonyl (C=O) groups is 2. The summed E-state index contributed by atoms with van der Waals surface area (Å²) in [5.41, 5.74) is 2.88. The molecule has 0 radical (unpaired) electrons. The summed E-state index contributed by atoms with van der Waals surface area (Å²) in [7, 11) is 1.52. The molecule has 1 aromatic carbocycles. The standard InChI is InChI=1S/C22H21N3O3S/c1-28-18-12-16(8-9-17(18)25-21(26)15-6-4-10-23-13-15)24-22(27)20-11-14-5-2-3-7-19(14)29-20/h4,6,8-13H,2-3,5,7H2,1H3,(H,24,27)(H,25,26). The number of rotatable bonds is 5. The first kappa shape index (κ1) is 19.1. The van der Waals surface area contributed by atoms with Gasteiger partial charge in [-0.3, -0.25) is 14.6 Å². The molecule has 0 atom stereocenters. The highest BCUT2D eigenvalue weighted by molar-refractivity contribution is 7.14. The summed E-state index contributed by atoms with van der Waals surface area (Å²) in [6, 6.07) is 10.5. The molecule has 3 aromatic rings. The number of carbonyl (C=O) groups excluding carboxylic acids is 2. The summed E-state index contributed by atoms with van der Waals surface area (Å²) in [5, 5.41) is 5.73. The SMILES string of the molecule is COc1cc(NC(=O)c2cc3c(s2)CCCC3)ccc1NC(=O)c1cccnc1. The predicted octanol–water partition coefficient (Wildman–Crippen LogP) is 4.54. The third-order valence-electron chi connectivity index (χ3n) is 4.85. The highest BCUT2D eigenvalue weighted by Gasteiger charge is 2.18. The van der Waals surface area contributed by atoms with Crippen LogP contribution in [0.2, 0.25) is 0 Å². The molecule has 0 spiro atoms. The van der Waals surface area contributed by atoms with Crippen molar-refractivity contribution in [3.8, 4) is 5.75 Å². The largest absolute Gasteiger partial charge is 0.494 e. The molecule has 2 amide bonds. The van der Waals surface area contributed by atoms with Crippen molar-refractivity contribution in [2.75, 3.05) is 17.7 Å². The van der Waals surface area contributed by atoms with Gasteiger partial charge in [0.15, 0.2) is 0 Å². The van der Waals surface area contributed by atoms with E-state index in [0.717, 1.165) is 17.7 Å². The van der Waals surface area contributed by atoms with Crippen LogP contribution in [0.3, 0.4) is 0 Å².